The Morgan fingerprint density at radius 3 is 2.59 bits per heavy atom. The molecule has 27 heavy (non-hydrogen) atoms. The number of carbonyl (C=O) groups excluding carboxylic acids is 2. The fraction of sp³-hybridized carbons (Fsp3) is 0.200. The molecule has 0 radical (unpaired) electrons. The number of aromatic nitrogens is 2. The Labute approximate surface area is 154 Å². The fourth-order valence-electron chi connectivity index (χ4n) is 2.63. The number of aromatic amines is 1. The third-order valence-electron chi connectivity index (χ3n) is 4.03. The van der Waals surface area contributed by atoms with Gasteiger partial charge in [0.1, 0.15) is 11.6 Å². The zero-order chi connectivity index (χ0) is 19.4. The molecule has 6 nitrogen and oxygen atoms in total. The average molecular weight is 368 g/mol. The number of nitrogens with one attached hydrogen (secondary N) is 1. The van der Waals surface area contributed by atoms with Gasteiger partial charge >= 0.3 is 5.97 Å². The van der Waals surface area contributed by atoms with Crippen LogP contribution in [0.1, 0.15) is 29.5 Å². The van der Waals surface area contributed by atoms with Gasteiger partial charge in [-0.3, -0.25) is 14.4 Å². The normalized spacial score (nSPS) is 11.9. The molecule has 0 bridgehead atoms. The van der Waals surface area contributed by atoms with Gasteiger partial charge in [0.05, 0.1) is 17.3 Å². The maximum absolute atomic E-state index is 12.9. The monoisotopic (exact) mass is 368 g/mol. The summed E-state index contributed by atoms with van der Waals surface area (Å²) in [5.74, 6) is -1.09. The molecule has 1 aromatic heterocycles. The van der Waals surface area contributed by atoms with Crippen LogP contribution in [-0.4, -0.2) is 27.8 Å². The number of halogens is 1. The second kappa shape index (κ2) is 7.90. The van der Waals surface area contributed by atoms with Crippen LogP contribution in [0, 0.1) is 5.82 Å². The van der Waals surface area contributed by atoms with Gasteiger partial charge in [0.25, 0.3) is 5.56 Å². The van der Waals surface area contributed by atoms with Crippen LogP contribution in [0.15, 0.2) is 53.3 Å². The first-order chi connectivity index (χ1) is 12.9. The van der Waals surface area contributed by atoms with Crippen molar-refractivity contribution < 1.29 is 18.7 Å². The highest BCUT2D eigenvalue weighted by Gasteiger charge is 2.19. The highest BCUT2D eigenvalue weighted by Crippen LogP contribution is 2.10. The number of para-hydroxylation sites is 1. The maximum Gasteiger partial charge on any atom is 0.306 e. The molecule has 3 rings (SSSR count). The lowest BCUT2D eigenvalue weighted by Crippen LogP contribution is -2.25. The van der Waals surface area contributed by atoms with Crippen molar-refractivity contribution in [1.82, 2.24) is 9.97 Å². The smallest absolute Gasteiger partial charge is 0.306 e. The van der Waals surface area contributed by atoms with E-state index in [1.54, 1.807) is 24.3 Å². The summed E-state index contributed by atoms with van der Waals surface area (Å²) in [6.07, 6.45) is -0.856. The Balaban J connectivity index is 1.60. The van der Waals surface area contributed by atoms with Crippen LogP contribution in [0.4, 0.5) is 4.39 Å². The van der Waals surface area contributed by atoms with Gasteiger partial charge in [-0.15, -0.1) is 0 Å². The summed E-state index contributed by atoms with van der Waals surface area (Å²) in [7, 11) is 0. The summed E-state index contributed by atoms with van der Waals surface area (Å²) in [4.78, 5) is 43.2. The van der Waals surface area contributed by atoms with E-state index in [2.05, 4.69) is 9.97 Å². The van der Waals surface area contributed by atoms with Crippen molar-refractivity contribution in [3.63, 3.8) is 0 Å². The lowest BCUT2D eigenvalue weighted by Gasteiger charge is -2.12. The van der Waals surface area contributed by atoms with E-state index in [-0.39, 0.29) is 24.0 Å². The number of esters is 1. The van der Waals surface area contributed by atoms with Crippen LogP contribution >= 0.6 is 0 Å². The number of ether oxygens (including phenoxy) is 1. The molecular weight excluding hydrogens is 351 g/mol. The van der Waals surface area contributed by atoms with Crippen molar-refractivity contribution in [2.45, 2.75) is 25.9 Å². The first kappa shape index (κ1) is 18.4. The summed E-state index contributed by atoms with van der Waals surface area (Å²) in [5.41, 5.74) is 0.533. The minimum atomic E-state index is -0.994. The molecule has 138 valence electrons. The summed E-state index contributed by atoms with van der Waals surface area (Å²) in [6.45, 7) is 1.46. The topological polar surface area (TPSA) is 89.1 Å². The van der Waals surface area contributed by atoms with Crippen LogP contribution in [0.2, 0.25) is 0 Å². The molecule has 7 heteroatoms. The third-order valence-corrected chi connectivity index (χ3v) is 4.03. The molecule has 0 fully saturated rings. The first-order valence-corrected chi connectivity index (χ1v) is 8.41. The van der Waals surface area contributed by atoms with Gasteiger partial charge in [0.15, 0.2) is 6.10 Å². The molecule has 0 aliphatic rings. The van der Waals surface area contributed by atoms with Crippen molar-refractivity contribution in [3.05, 3.63) is 76.1 Å². The average Bonchev–Trinajstić information content (AvgIpc) is 2.66. The van der Waals surface area contributed by atoms with Crippen molar-refractivity contribution >= 4 is 22.7 Å². The lowest BCUT2D eigenvalue weighted by atomic mass is 10.1. The van der Waals surface area contributed by atoms with Crippen LogP contribution in [0.25, 0.3) is 10.9 Å². The van der Waals surface area contributed by atoms with E-state index in [0.29, 0.717) is 16.7 Å². The number of ketones is 1. The Morgan fingerprint density at radius 2 is 1.85 bits per heavy atom. The second-order valence-electron chi connectivity index (χ2n) is 6.03. The molecule has 1 heterocycles. The number of hydrogen-bond acceptors (Lipinski definition) is 5. The zero-order valence-corrected chi connectivity index (χ0v) is 14.6. The Hall–Kier alpha value is -3.35. The standard InChI is InChI=1S/C20H17FN2O4/c1-12(19(25)13-6-8-14(21)9-7-13)27-18(24)11-10-17-22-16-5-3-2-4-15(16)20(26)23-17/h2-9,12H,10-11H2,1H3,(H,22,23,26)/t12-/m0/s1. The lowest BCUT2D eigenvalue weighted by molar-refractivity contribution is -0.146. The van der Waals surface area contributed by atoms with Gasteiger partial charge < -0.3 is 9.72 Å². The zero-order valence-electron chi connectivity index (χ0n) is 14.6. The molecule has 1 N–H and O–H groups in total. The maximum atomic E-state index is 12.9. The molecule has 0 saturated carbocycles. The molecule has 3 aromatic rings. The van der Waals surface area contributed by atoms with Gasteiger partial charge in [-0.1, -0.05) is 12.1 Å². The van der Waals surface area contributed by atoms with E-state index in [1.165, 1.54) is 31.2 Å². The Kier molecular flexibility index (Phi) is 5.40. The number of benzene rings is 2. The number of carbonyl (C=O) groups is 2. The number of Topliss-reactive ketones (excluding diaryl/α,β-unsaturated/α-hetero) is 1. The van der Waals surface area contributed by atoms with Gasteiger partial charge in [0.2, 0.25) is 5.78 Å². The van der Waals surface area contributed by atoms with E-state index >= 15 is 0 Å². The molecule has 0 unspecified atom stereocenters. The van der Waals surface area contributed by atoms with Crippen LogP contribution < -0.4 is 5.56 Å². The molecule has 0 spiro atoms. The molecular formula is C20H17FN2O4. The molecule has 2 aromatic carbocycles. The van der Waals surface area contributed by atoms with E-state index < -0.39 is 23.7 Å². The van der Waals surface area contributed by atoms with Gasteiger partial charge in [-0.05, 0) is 43.3 Å². The minimum absolute atomic E-state index is 0.0394. The van der Waals surface area contributed by atoms with Crippen molar-refractivity contribution in [1.29, 1.82) is 0 Å². The van der Waals surface area contributed by atoms with Crippen molar-refractivity contribution in [2.24, 2.45) is 0 Å². The number of aryl methyl sites for hydroxylation is 1. The number of fused-ring (bicyclic) bond motifs is 1. The highest BCUT2D eigenvalue weighted by molar-refractivity contribution is 6.00. The Morgan fingerprint density at radius 1 is 1.15 bits per heavy atom. The first-order valence-electron chi connectivity index (χ1n) is 8.41. The number of nitrogens with zero attached hydrogens (tertiary/aromatic N) is 1. The second-order valence-corrected chi connectivity index (χ2v) is 6.03. The van der Waals surface area contributed by atoms with Crippen molar-refractivity contribution in [3.8, 4) is 0 Å². The Bertz CT molecular complexity index is 1040. The summed E-state index contributed by atoms with van der Waals surface area (Å²) in [6, 6.07) is 11.9. The van der Waals surface area contributed by atoms with Crippen LogP contribution in [0.3, 0.4) is 0 Å². The fourth-order valence-corrected chi connectivity index (χ4v) is 2.63. The van der Waals surface area contributed by atoms with E-state index in [0.717, 1.165) is 0 Å². The van der Waals surface area contributed by atoms with Gasteiger partial charge in [0, 0.05) is 12.0 Å². The minimum Gasteiger partial charge on any atom is -0.454 e. The van der Waals surface area contributed by atoms with Gasteiger partial charge in [-0.2, -0.15) is 0 Å². The number of rotatable bonds is 6. The summed E-state index contributed by atoms with van der Waals surface area (Å²) >= 11 is 0. The van der Waals surface area contributed by atoms with E-state index in [9.17, 15) is 18.8 Å². The quantitative estimate of drug-likeness (QED) is 0.534. The van der Waals surface area contributed by atoms with Crippen LogP contribution in [0.5, 0.6) is 0 Å². The summed E-state index contributed by atoms with van der Waals surface area (Å²) in [5, 5.41) is 0.474. The van der Waals surface area contributed by atoms with E-state index in [4.69, 9.17) is 4.74 Å². The largest absolute Gasteiger partial charge is 0.454 e. The summed E-state index contributed by atoms with van der Waals surface area (Å²) < 4.78 is 18.1. The number of hydrogen-bond donors (Lipinski definition) is 1. The highest BCUT2D eigenvalue weighted by atomic mass is 19.1. The van der Waals surface area contributed by atoms with Crippen molar-refractivity contribution in [2.75, 3.05) is 0 Å². The SMILES string of the molecule is C[C@H](OC(=O)CCc1nc2ccccc2c(=O)[nH]1)C(=O)c1ccc(F)cc1. The number of H-pyrrole nitrogens is 1. The molecule has 0 aliphatic carbocycles. The van der Waals surface area contributed by atoms with Crippen LogP contribution in [-0.2, 0) is 16.0 Å². The molecule has 0 aliphatic heterocycles. The molecule has 0 saturated heterocycles. The predicted octanol–water partition coefficient (Wildman–Crippen LogP) is 2.81. The van der Waals surface area contributed by atoms with Gasteiger partial charge in [-0.25, -0.2) is 9.37 Å². The predicted molar refractivity (Wildman–Crippen MR) is 97.0 cm³/mol. The third kappa shape index (κ3) is 4.44. The molecule has 0 amide bonds. The van der Waals surface area contributed by atoms with E-state index in [1.807, 2.05) is 0 Å². The molecule has 1 atom stereocenters.